The van der Waals surface area contributed by atoms with Gasteiger partial charge in [0.2, 0.25) is 11.8 Å². The fraction of sp³-hybridized carbons (Fsp3) is 0.421. The predicted octanol–water partition coefficient (Wildman–Crippen LogP) is 2.25. The third-order valence-corrected chi connectivity index (χ3v) is 5.04. The zero-order chi connectivity index (χ0) is 18.3. The van der Waals surface area contributed by atoms with E-state index in [1.807, 2.05) is 37.3 Å². The van der Waals surface area contributed by atoms with Crippen molar-refractivity contribution in [2.24, 2.45) is 0 Å². The van der Waals surface area contributed by atoms with Crippen LogP contribution >= 0.6 is 0 Å². The summed E-state index contributed by atoms with van der Waals surface area (Å²) in [5.41, 5.74) is 0.973. The van der Waals surface area contributed by atoms with Gasteiger partial charge in [0, 0.05) is 25.6 Å². The highest BCUT2D eigenvalue weighted by molar-refractivity contribution is 5.79. The molecule has 2 saturated heterocycles. The lowest BCUT2D eigenvalue weighted by atomic mass is 10.0. The summed E-state index contributed by atoms with van der Waals surface area (Å²) < 4.78 is 11.2. The minimum Gasteiger partial charge on any atom is -0.441 e. The molecule has 0 bridgehead atoms. The van der Waals surface area contributed by atoms with Crippen LogP contribution in [0.3, 0.4) is 0 Å². The fourth-order valence-electron chi connectivity index (χ4n) is 3.61. The van der Waals surface area contributed by atoms with E-state index in [1.165, 1.54) is 0 Å². The largest absolute Gasteiger partial charge is 0.441 e. The quantitative estimate of drug-likeness (QED) is 0.844. The molecule has 2 amide bonds. The second kappa shape index (κ2) is 6.16. The number of carbonyl (C=O) groups excluding carboxylic acids is 2. The molecule has 1 aromatic carbocycles. The Morgan fingerprint density at radius 3 is 2.73 bits per heavy atom. The minimum atomic E-state index is -0.560. The summed E-state index contributed by atoms with van der Waals surface area (Å²) in [6, 6.07) is 9.62. The number of nitrogens with zero attached hydrogens (tertiary/aromatic N) is 3. The van der Waals surface area contributed by atoms with Crippen molar-refractivity contribution in [2.45, 2.75) is 25.4 Å². The van der Waals surface area contributed by atoms with Gasteiger partial charge in [-0.15, -0.1) is 0 Å². The van der Waals surface area contributed by atoms with Gasteiger partial charge in [-0.25, -0.2) is 9.78 Å². The van der Waals surface area contributed by atoms with Crippen molar-refractivity contribution < 1.29 is 18.7 Å². The Kier molecular flexibility index (Phi) is 3.94. The van der Waals surface area contributed by atoms with Crippen molar-refractivity contribution in [3.63, 3.8) is 0 Å². The molecule has 0 radical (unpaired) electrons. The highest BCUT2D eigenvalue weighted by Gasteiger charge is 2.49. The molecule has 2 aliphatic rings. The molecule has 1 atom stereocenters. The minimum absolute atomic E-state index is 0.0245. The molecule has 3 heterocycles. The van der Waals surface area contributed by atoms with Crippen molar-refractivity contribution >= 4 is 12.0 Å². The first-order chi connectivity index (χ1) is 12.5. The highest BCUT2D eigenvalue weighted by Crippen LogP contribution is 2.32. The fourth-order valence-corrected chi connectivity index (χ4v) is 3.61. The lowest BCUT2D eigenvalue weighted by Gasteiger charge is -2.21. The summed E-state index contributed by atoms with van der Waals surface area (Å²) >= 11 is 0. The van der Waals surface area contributed by atoms with E-state index in [2.05, 4.69) is 4.98 Å². The molecule has 2 aliphatic heterocycles. The van der Waals surface area contributed by atoms with Crippen molar-refractivity contribution in [1.29, 1.82) is 0 Å². The SMILES string of the molecule is Cc1oc(-c2ccccc2)nc1CC(=O)N1CCC2(CN(C)C(=O)O2)C1. The van der Waals surface area contributed by atoms with Gasteiger partial charge in [0.05, 0.1) is 25.2 Å². The van der Waals surface area contributed by atoms with Crippen molar-refractivity contribution in [3.05, 3.63) is 41.8 Å². The zero-order valence-electron chi connectivity index (χ0n) is 14.9. The van der Waals surface area contributed by atoms with E-state index in [0.29, 0.717) is 43.4 Å². The number of likely N-dealkylation sites (N-methyl/N-ethyl adjacent to an activating group) is 1. The van der Waals surface area contributed by atoms with Gasteiger partial charge in [-0.3, -0.25) is 4.79 Å². The number of hydrogen-bond donors (Lipinski definition) is 0. The number of oxazole rings is 1. The third-order valence-electron chi connectivity index (χ3n) is 5.04. The lowest BCUT2D eigenvalue weighted by molar-refractivity contribution is -0.130. The summed E-state index contributed by atoms with van der Waals surface area (Å²) in [4.78, 5) is 32.2. The Morgan fingerprint density at radius 1 is 1.27 bits per heavy atom. The van der Waals surface area contributed by atoms with Crippen LogP contribution in [0.2, 0.25) is 0 Å². The standard InChI is InChI=1S/C19H21N3O4/c1-13-15(20-17(25-13)14-6-4-3-5-7-14)10-16(23)22-9-8-19(12-22)11-21(2)18(24)26-19/h3-7H,8-12H2,1-2H3. The molecule has 7 nitrogen and oxygen atoms in total. The first-order valence-electron chi connectivity index (χ1n) is 8.69. The number of likely N-dealkylation sites (tertiary alicyclic amines) is 1. The number of amides is 2. The smallest absolute Gasteiger partial charge is 0.410 e. The average molecular weight is 355 g/mol. The molecule has 0 saturated carbocycles. The Balaban J connectivity index is 1.45. The van der Waals surface area contributed by atoms with E-state index in [1.54, 1.807) is 16.8 Å². The topological polar surface area (TPSA) is 75.9 Å². The predicted molar refractivity (Wildman–Crippen MR) is 93.4 cm³/mol. The second-order valence-corrected chi connectivity index (χ2v) is 7.04. The van der Waals surface area contributed by atoms with Crippen LogP contribution in [0.1, 0.15) is 17.9 Å². The molecule has 1 unspecified atom stereocenters. The van der Waals surface area contributed by atoms with Gasteiger partial charge in [0.15, 0.2) is 5.60 Å². The molecule has 2 aromatic rings. The normalized spacial score (nSPS) is 22.3. The number of hydrogen-bond acceptors (Lipinski definition) is 5. The van der Waals surface area contributed by atoms with Gasteiger partial charge >= 0.3 is 6.09 Å². The molecule has 0 aliphatic carbocycles. The molecular weight excluding hydrogens is 334 g/mol. The number of benzene rings is 1. The zero-order valence-corrected chi connectivity index (χ0v) is 14.9. The van der Waals surface area contributed by atoms with E-state index in [9.17, 15) is 9.59 Å². The van der Waals surface area contributed by atoms with Gasteiger partial charge in [-0.1, -0.05) is 18.2 Å². The monoisotopic (exact) mass is 355 g/mol. The van der Waals surface area contributed by atoms with Crippen LogP contribution in [0.4, 0.5) is 4.79 Å². The second-order valence-electron chi connectivity index (χ2n) is 7.04. The number of rotatable bonds is 3. The third kappa shape index (κ3) is 2.94. The Bertz CT molecular complexity index is 848. The molecule has 4 rings (SSSR count). The van der Waals surface area contributed by atoms with E-state index < -0.39 is 5.60 Å². The Morgan fingerprint density at radius 2 is 2.04 bits per heavy atom. The average Bonchev–Trinajstić information content (AvgIpc) is 3.28. The van der Waals surface area contributed by atoms with Gasteiger partial charge in [-0.2, -0.15) is 0 Å². The first-order valence-corrected chi connectivity index (χ1v) is 8.69. The van der Waals surface area contributed by atoms with E-state index in [-0.39, 0.29) is 18.4 Å². The van der Waals surface area contributed by atoms with Gasteiger partial charge in [-0.05, 0) is 19.1 Å². The van der Waals surface area contributed by atoms with Crippen molar-refractivity contribution in [2.75, 3.05) is 26.7 Å². The van der Waals surface area contributed by atoms with Crippen LogP contribution in [0.5, 0.6) is 0 Å². The molecule has 1 aromatic heterocycles. The van der Waals surface area contributed by atoms with E-state index in [4.69, 9.17) is 9.15 Å². The van der Waals surface area contributed by atoms with Crippen LogP contribution < -0.4 is 0 Å². The maximum absolute atomic E-state index is 12.7. The molecule has 26 heavy (non-hydrogen) atoms. The molecule has 1 spiro atoms. The van der Waals surface area contributed by atoms with Crippen LogP contribution in [0.25, 0.3) is 11.5 Å². The number of aromatic nitrogens is 1. The molecule has 0 N–H and O–H groups in total. The summed E-state index contributed by atoms with van der Waals surface area (Å²) in [6.07, 6.45) is 0.531. The Labute approximate surface area is 151 Å². The summed E-state index contributed by atoms with van der Waals surface area (Å²) in [7, 11) is 1.71. The summed E-state index contributed by atoms with van der Waals surface area (Å²) in [5, 5.41) is 0. The van der Waals surface area contributed by atoms with Gasteiger partial charge in [0.1, 0.15) is 5.76 Å². The Hall–Kier alpha value is -2.83. The van der Waals surface area contributed by atoms with E-state index in [0.717, 1.165) is 5.56 Å². The molecule has 2 fully saturated rings. The van der Waals surface area contributed by atoms with Crippen LogP contribution in [-0.4, -0.2) is 59.1 Å². The van der Waals surface area contributed by atoms with Gasteiger partial charge in [0.25, 0.3) is 0 Å². The molecule has 7 heteroatoms. The molecule has 136 valence electrons. The van der Waals surface area contributed by atoms with Crippen molar-refractivity contribution in [3.8, 4) is 11.5 Å². The first kappa shape index (κ1) is 16.6. The lowest BCUT2D eigenvalue weighted by Crippen LogP contribution is -2.39. The number of ether oxygens (including phenoxy) is 1. The summed E-state index contributed by atoms with van der Waals surface area (Å²) in [6.45, 7) is 3.37. The van der Waals surface area contributed by atoms with Crippen LogP contribution in [-0.2, 0) is 16.0 Å². The van der Waals surface area contributed by atoms with Crippen molar-refractivity contribution in [1.82, 2.24) is 14.8 Å². The maximum atomic E-state index is 12.7. The summed E-state index contributed by atoms with van der Waals surface area (Å²) in [5.74, 6) is 1.15. The van der Waals surface area contributed by atoms with Crippen LogP contribution in [0.15, 0.2) is 34.7 Å². The van der Waals surface area contributed by atoms with E-state index >= 15 is 0 Å². The highest BCUT2D eigenvalue weighted by atomic mass is 16.6. The number of aryl methyl sites for hydroxylation is 1. The van der Waals surface area contributed by atoms with Crippen LogP contribution in [0, 0.1) is 6.92 Å². The molecular formula is C19H21N3O4. The number of carbonyl (C=O) groups is 2. The van der Waals surface area contributed by atoms with Gasteiger partial charge < -0.3 is 19.0 Å². The maximum Gasteiger partial charge on any atom is 0.410 e.